The monoisotopic (exact) mass is 371 g/mol. The number of aromatic nitrogens is 1. The van der Waals surface area contributed by atoms with Gasteiger partial charge in [-0.25, -0.2) is 4.98 Å². The summed E-state index contributed by atoms with van der Waals surface area (Å²) in [7, 11) is 0. The van der Waals surface area contributed by atoms with Gasteiger partial charge in [0.25, 0.3) is 5.91 Å². The lowest BCUT2D eigenvalue weighted by atomic mass is 9.95. The summed E-state index contributed by atoms with van der Waals surface area (Å²) in [6.45, 7) is 3.46. The van der Waals surface area contributed by atoms with Crippen molar-refractivity contribution in [2.45, 2.75) is 13.8 Å². The number of amides is 1. The van der Waals surface area contributed by atoms with Crippen molar-refractivity contribution in [1.82, 2.24) is 4.98 Å². The van der Waals surface area contributed by atoms with Crippen molar-refractivity contribution >= 4 is 28.9 Å². The number of fused-ring (bicyclic) bond motifs is 1. The second-order valence-electron chi connectivity index (χ2n) is 6.33. The number of pyridine rings is 1. The minimum atomic E-state index is -0.547. The Morgan fingerprint density at radius 3 is 2.46 bits per heavy atom. The van der Waals surface area contributed by atoms with E-state index in [1.54, 1.807) is 19.1 Å². The maximum Gasteiger partial charge on any atom is 0.255 e. The lowest BCUT2D eigenvalue weighted by Crippen LogP contribution is -2.19. The van der Waals surface area contributed by atoms with Gasteiger partial charge in [0.05, 0.1) is 16.8 Å². The van der Waals surface area contributed by atoms with Crippen molar-refractivity contribution in [2.24, 2.45) is 5.73 Å². The van der Waals surface area contributed by atoms with Crippen LogP contribution in [0.3, 0.4) is 0 Å². The van der Waals surface area contributed by atoms with Gasteiger partial charge in [0.1, 0.15) is 23.7 Å². The Balaban J connectivity index is 2.08. The smallest absolute Gasteiger partial charge is 0.255 e. The van der Waals surface area contributed by atoms with Gasteiger partial charge >= 0.3 is 0 Å². The number of ether oxygens (including phenoxy) is 1. The van der Waals surface area contributed by atoms with E-state index in [0.29, 0.717) is 28.1 Å². The Morgan fingerprint density at radius 2 is 1.89 bits per heavy atom. The number of hydrogen-bond acceptors (Lipinski definition) is 6. The summed E-state index contributed by atoms with van der Waals surface area (Å²) in [6.07, 6.45) is 1.92. The number of benzene rings is 1. The van der Waals surface area contributed by atoms with E-state index < -0.39 is 5.91 Å². The second kappa shape index (κ2) is 7.26. The van der Waals surface area contributed by atoms with Crippen LogP contribution in [-0.4, -0.2) is 17.5 Å². The lowest BCUT2D eigenvalue weighted by Gasteiger charge is -2.11. The largest absolute Gasteiger partial charge is 0.484 e. The number of hydrogen-bond donors (Lipinski definition) is 2. The number of primary amides is 1. The number of nitriles is 2. The molecule has 7 heteroatoms. The summed E-state index contributed by atoms with van der Waals surface area (Å²) in [6, 6.07) is 11.4. The van der Waals surface area contributed by atoms with Gasteiger partial charge < -0.3 is 16.2 Å². The number of carbonyl (C=O) groups is 1. The Labute approximate surface area is 162 Å². The SMILES string of the molecule is CC1=C(C#N)c2nc(N)c(C#N)c(C)c2C1=Cc1ccc(OCC(N)=O)cc1. The van der Waals surface area contributed by atoms with Crippen LogP contribution in [0.4, 0.5) is 5.82 Å². The van der Waals surface area contributed by atoms with Crippen molar-refractivity contribution in [3.05, 3.63) is 57.8 Å². The minimum Gasteiger partial charge on any atom is -0.484 e. The molecule has 28 heavy (non-hydrogen) atoms. The molecule has 1 aliphatic rings. The molecule has 1 aliphatic carbocycles. The number of rotatable bonds is 4. The molecule has 138 valence electrons. The molecule has 2 aromatic rings. The van der Waals surface area contributed by atoms with Crippen LogP contribution in [-0.2, 0) is 4.79 Å². The van der Waals surface area contributed by atoms with Gasteiger partial charge in [-0.3, -0.25) is 4.79 Å². The number of nitrogen functional groups attached to an aromatic ring is 1. The lowest BCUT2D eigenvalue weighted by molar-refractivity contribution is -0.119. The molecule has 1 amide bonds. The van der Waals surface area contributed by atoms with E-state index in [1.165, 1.54) is 0 Å². The van der Waals surface area contributed by atoms with Crippen molar-refractivity contribution < 1.29 is 9.53 Å². The zero-order chi connectivity index (χ0) is 20.4. The Morgan fingerprint density at radius 1 is 1.21 bits per heavy atom. The topological polar surface area (TPSA) is 139 Å². The zero-order valence-electron chi connectivity index (χ0n) is 15.4. The van der Waals surface area contributed by atoms with Crippen LogP contribution in [0.25, 0.3) is 17.2 Å². The summed E-state index contributed by atoms with van der Waals surface area (Å²) in [4.78, 5) is 15.1. The molecule has 1 heterocycles. The molecule has 0 fully saturated rings. The number of allylic oxidation sites excluding steroid dienone is 3. The third-order valence-electron chi connectivity index (χ3n) is 4.56. The summed E-state index contributed by atoms with van der Waals surface area (Å²) in [5.41, 5.74) is 16.1. The van der Waals surface area contributed by atoms with Gasteiger partial charge in [0.2, 0.25) is 0 Å². The third kappa shape index (κ3) is 3.17. The Kier molecular flexibility index (Phi) is 4.84. The van der Waals surface area contributed by atoms with E-state index in [0.717, 1.165) is 22.3 Å². The van der Waals surface area contributed by atoms with Crippen LogP contribution in [0.5, 0.6) is 5.75 Å². The molecule has 3 rings (SSSR count). The molecule has 0 saturated carbocycles. The average Bonchev–Trinajstić information content (AvgIpc) is 2.92. The summed E-state index contributed by atoms with van der Waals surface area (Å²) in [5.74, 6) is 0.0979. The van der Waals surface area contributed by atoms with E-state index in [2.05, 4.69) is 17.1 Å². The minimum absolute atomic E-state index is 0.122. The highest BCUT2D eigenvalue weighted by atomic mass is 16.5. The zero-order valence-corrected chi connectivity index (χ0v) is 15.4. The highest BCUT2D eigenvalue weighted by Gasteiger charge is 2.29. The van der Waals surface area contributed by atoms with Crippen molar-refractivity contribution in [3.63, 3.8) is 0 Å². The molecule has 0 spiro atoms. The van der Waals surface area contributed by atoms with Gasteiger partial charge in [0, 0.05) is 5.56 Å². The fourth-order valence-corrected chi connectivity index (χ4v) is 3.18. The van der Waals surface area contributed by atoms with Crippen LogP contribution in [0.2, 0.25) is 0 Å². The van der Waals surface area contributed by atoms with Gasteiger partial charge in [-0.1, -0.05) is 12.1 Å². The summed E-state index contributed by atoms with van der Waals surface area (Å²) in [5, 5.41) is 19.0. The van der Waals surface area contributed by atoms with Crippen LogP contribution in [0.1, 0.15) is 34.9 Å². The van der Waals surface area contributed by atoms with Crippen LogP contribution in [0, 0.1) is 29.6 Å². The summed E-state index contributed by atoms with van der Waals surface area (Å²) < 4.78 is 5.26. The van der Waals surface area contributed by atoms with Crippen molar-refractivity contribution in [1.29, 1.82) is 10.5 Å². The van der Waals surface area contributed by atoms with Crippen LogP contribution < -0.4 is 16.2 Å². The van der Waals surface area contributed by atoms with Gasteiger partial charge in [-0.05, 0) is 54.3 Å². The van der Waals surface area contributed by atoms with Gasteiger partial charge in [-0.15, -0.1) is 0 Å². The predicted octanol–water partition coefficient (Wildman–Crippen LogP) is 2.56. The fourth-order valence-electron chi connectivity index (χ4n) is 3.18. The highest BCUT2D eigenvalue weighted by molar-refractivity contribution is 6.08. The Bertz CT molecular complexity index is 1130. The van der Waals surface area contributed by atoms with E-state index in [1.807, 2.05) is 25.1 Å². The fraction of sp³-hybridized carbons (Fsp3) is 0.143. The molecule has 0 aliphatic heterocycles. The van der Waals surface area contributed by atoms with Gasteiger partial charge in [0.15, 0.2) is 6.61 Å². The Hall–Kier alpha value is -4.10. The second-order valence-corrected chi connectivity index (χ2v) is 6.33. The normalized spacial score (nSPS) is 13.8. The van der Waals surface area contributed by atoms with E-state index in [4.69, 9.17) is 16.2 Å². The summed E-state index contributed by atoms with van der Waals surface area (Å²) >= 11 is 0. The molecule has 0 radical (unpaired) electrons. The van der Waals surface area contributed by atoms with Crippen LogP contribution >= 0.6 is 0 Å². The number of anilines is 1. The molecule has 1 aromatic carbocycles. The van der Waals surface area contributed by atoms with Crippen molar-refractivity contribution in [2.75, 3.05) is 12.3 Å². The number of nitrogens with zero attached hydrogens (tertiary/aromatic N) is 3. The highest BCUT2D eigenvalue weighted by Crippen LogP contribution is 2.44. The average molecular weight is 371 g/mol. The number of nitrogens with two attached hydrogens (primary N) is 2. The van der Waals surface area contributed by atoms with E-state index in [-0.39, 0.29) is 12.4 Å². The van der Waals surface area contributed by atoms with Crippen molar-refractivity contribution in [3.8, 4) is 17.9 Å². The third-order valence-corrected chi connectivity index (χ3v) is 4.56. The molecule has 0 bridgehead atoms. The first-order valence-corrected chi connectivity index (χ1v) is 8.42. The molecular formula is C21H17N5O2. The van der Waals surface area contributed by atoms with Crippen LogP contribution in [0.15, 0.2) is 29.8 Å². The maximum atomic E-state index is 10.8. The molecule has 0 atom stereocenters. The molecule has 7 nitrogen and oxygen atoms in total. The van der Waals surface area contributed by atoms with E-state index in [9.17, 15) is 15.3 Å². The van der Waals surface area contributed by atoms with Gasteiger partial charge in [-0.2, -0.15) is 10.5 Å². The predicted molar refractivity (Wildman–Crippen MR) is 105 cm³/mol. The molecular weight excluding hydrogens is 354 g/mol. The first kappa shape index (κ1) is 18.7. The standard InChI is InChI=1S/C21H17N5O2/c1-11-15(7-13-3-5-14(6-4-13)28-10-18(24)27)19-12(2)17(9-23)21(25)26-20(19)16(11)8-22/h3-7H,10H2,1-2H3,(H2,24,27)(H2,25,26). The van der Waals surface area contributed by atoms with E-state index >= 15 is 0 Å². The maximum absolute atomic E-state index is 10.8. The number of carbonyl (C=O) groups excluding carboxylic acids is 1. The molecule has 0 saturated heterocycles. The first-order valence-electron chi connectivity index (χ1n) is 8.42. The quantitative estimate of drug-likeness (QED) is 0.846. The first-order chi connectivity index (χ1) is 13.4. The molecule has 1 aromatic heterocycles. The molecule has 4 N–H and O–H groups in total. The molecule has 0 unspecified atom stereocenters.